The molecule has 0 saturated carbocycles. The molecular formula is C17H21N5O6. The predicted octanol–water partition coefficient (Wildman–Crippen LogP) is 0.299. The van der Waals surface area contributed by atoms with Crippen molar-refractivity contribution in [2.24, 2.45) is 16.9 Å². The van der Waals surface area contributed by atoms with Crippen LogP contribution in [0.5, 0.6) is 0 Å². The minimum absolute atomic E-state index is 0.0678. The van der Waals surface area contributed by atoms with Gasteiger partial charge in [0.2, 0.25) is 0 Å². The Hall–Kier alpha value is -2.76. The number of hydrogen-bond donors (Lipinski definition) is 2. The van der Waals surface area contributed by atoms with Gasteiger partial charge in [0.25, 0.3) is 11.6 Å². The first kappa shape index (κ1) is 18.6. The summed E-state index contributed by atoms with van der Waals surface area (Å²) in [5.74, 6) is 3.64. The van der Waals surface area contributed by atoms with Gasteiger partial charge in [0.1, 0.15) is 0 Å². The number of nitrogens with one attached hydrogen (secondary N) is 1. The van der Waals surface area contributed by atoms with Crippen LogP contribution in [0.4, 0.5) is 11.4 Å². The minimum atomic E-state index is -0.741. The molecule has 11 nitrogen and oxygen atoms in total. The number of nitrogens with zero attached hydrogens (tertiary/aromatic N) is 3. The van der Waals surface area contributed by atoms with E-state index in [1.807, 2.05) is 0 Å². The largest absolute Gasteiger partial charge is 0.389 e. The average Bonchev–Trinajstić information content (AvgIpc) is 3.06. The zero-order chi connectivity index (χ0) is 19.7. The predicted molar refractivity (Wildman–Crippen MR) is 97.3 cm³/mol. The lowest BCUT2D eigenvalue weighted by atomic mass is 9.98. The lowest BCUT2D eigenvalue weighted by Gasteiger charge is -2.41. The first-order chi connectivity index (χ1) is 13.5. The molecule has 2 fully saturated rings. The first-order valence-corrected chi connectivity index (χ1v) is 9.03. The lowest BCUT2D eigenvalue weighted by molar-refractivity contribution is -0.384. The van der Waals surface area contributed by atoms with E-state index in [2.05, 4.69) is 15.5 Å². The Bertz CT molecular complexity index is 790. The van der Waals surface area contributed by atoms with Gasteiger partial charge in [-0.15, -0.1) is 0 Å². The molecule has 3 aliphatic heterocycles. The van der Waals surface area contributed by atoms with Crippen molar-refractivity contribution < 1.29 is 24.0 Å². The summed E-state index contributed by atoms with van der Waals surface area (Å²) in [4.78, 5) is 29.7. The van der Waals surface area contributed by atoms with Crippen molar-refractivity contribution in [3.05, 3.63) is 34.4 Å². The average molecular weight is 391 g/mol. The molecule has 3 aliphatic rings. The van der Waals surface area contributed by atoms with Crippen molar-refractivity contribution in [1.82, 2.24) is 5.43 Å². The molecule has 3 heterocycles. The number of benzene rings is 1. The third-order valence-corrected chi connectivity index (χ3v) is 5.44. The van der Waals surface area contributed by atoms with E-state index in [0.717, 1.165) is 5.69 Å². The zero-order valence-corrected chi connectivity index (χ0v) is 15.1. The highest BCUT2D eigenvalue weighted by Crippen LogP contribution is 2.35. The van der Waals surface area contributed by atoms with Crippen LogP contribution in [0.15, 0.2) is 29.4 Å². The van der Waals surface area contributed by atoms with E-state index in [1.54, 1.807) is 12.1 Å². The molecule has 11 heteroatoms. The third kappa shape index (κ3) is 3.39. The fraction of sp³-hybridized carbons (Fsp3) is 0.529. The SMILES string of the molecule is NNC(=O)C1=NO[C@H]2COC3(CCN(c4ccc([N+](=O)[O-])cc4)CC3)OC[C@H]12. The maximum absolute atomic E-state index is 11.8. The smallest absolute Gasteiger partial charge is 0.283 e. The number of ether oxygens (including phenoxy) is 2. The molecule has 1 amide bonds. The summed E-state index contributed by atoms with van der Waals surface area (Å²) in [5, 5.41) is 14.6. The monoisotopic (exact) mass is 391 g/mol. The van der Waals surface area contributed by atoms with Crippen LogP contribution < -0.4 is 16.2 Å². The number of amides is 1. The number of hydrazine groups is 1. The molecule has 0 aliphatic carbocycles. The van der Waals surface area contributed by atoms with Crippen LogP contribution >= 0.6 is 0 Å². The van der Waals surface area contributed by atoms with Crippen LogP contribution in [-0.4, -0.2) is 54.7 Å². The van der Waals surface area contributed by atoms with Gasteiger partial charge in [0.05, 0.1) is 24.1 Å². The molecule has 2 saturated heterocycles. The van der Waals surface area contributed by atoms with Crippen molar-refractivity contribution in [2.45, 2.75) is 24.7 Å². The van der Waals surface area contributed by atoms with E-state index in [1.165, 1.54) is 12.1 Å². The molecule has 1 aromatic carbocycles. The highest BCUT2D eigenvalue weighted by Gasteiger charge is 2.47. The number of rotatable bonds is 3. The van der Waals surface area contributed by atoms with Gasteiger partial charge in [-0.3, -0.25) is 20.3 Å². The number of piperidine rings is 1. The van der Waals surface area contributed by atoms with Crippen LogP contribution in [0.1, 0.15) is 12.8 Å². The molecule has 2 atom stereocenters. The standard InChI is InChI=1S/C17H21N5O6/c18-19-16(23)15-13-9-26-17(27-10-14(13)28-20-15)5-7-21(8-6-17)11-1-3-12(4-2-11)22(24)25/h1-4,13-14H,5-10,18H2,(H,19,23)/t13-,14-/m0/s1. The van der Waals surface area contributed by atoms with Gasteiger partial charge in [-0.05, 0) is 12.1 Å². The quantitative estimate of drug-likeness (QED) is 0.324. The summed E-state index contributed by atoms with van der Waals surface area (Å²) in [6.07, 6.45) is 0.872. The molecule has 4 rings (SSSR count). The van der Waals surface area contributed by atoms with Crippen LogP contribution in [0, 0.1) is 16.0 Å². The zero-order valence-electron chi connectivity index (χ0n) is 15.1. The summed E-state index contributed by atoms with van der Waals surface area (Å²) in [6.45, 7) is 1.89. The number of hydrogen-bond acceptors (Lipinski definition) is 9. The van der Waals surface area contributed by atoms with Crippen molar-refractivity contribution in [3.63, 3.8) is 0 Å². The van der Waals surface area contributed by atoms with Crippen LogP contribution in [0.3, 0.4) is 0 Å². The number of nitro groups is 1. The van der Waals surface area contributed by atoms with Crippen LogP contribution in [-0.2, 0) is 19.1 Å². The summed E-state index contributed by atoms with van der Waals surface area (Å²) in [6, 6.07) is 6.50. The number of anilines is 1. The number of nitrogens with two attached hydrogens (primary N) is 1. The Labute approximate surface area is 160 Å². The maximum Gasteiger partial charge on any atom is 0.283 e. The van der Waals surface area contributed by atoms with Crippen molar-refractivity contribution in [2.75, 3.05) is 31.2 Å². The van der Waals surface area contributed by atoms with Crippen molar-refractivity contribution >= 4 is 23.0 Å². The number of fused-ring (bicyclic) bond motifs is 1. The van der Waals surface area contributed by atoms with Crippen molar-refractivity contribution in [1.29, 1.82) is 0 Å². The van der Waals surface area contributed by atoms with Gasteiger partial charge in [-0.1, -0.05) is 5.16 Å². The topological polar surface area (TPSA) is 142 Å². The number of nitro benzene ring substituents is 1. The van der Waals surface area contributed by atoms with Gasteiger partial charge in [-0.2, -0.15) is 0 Å². The Morgan fingerprint density at radius 1 is 1.25 bits per heavy atom. The minimum Gasteiger partial charge on any atom is -0.389 e. The normalized spacial score (nSPS) is 26.0. The Kier molecular flexibility index (Phi) is 4.87. The number of non-ortho nitro benzene ring substituents is 1. The van der Waals surface area contributed by atoms with Gasteiger partial charge < -0.3 is 19.2 Å². The number of oxime groups is 1. The lowest BCUT2D eigenvalue weighted by Crippen LogP contribution is -2.48. The second kappa shape index (κ2) is 7.34. The summed E-state index contributed by atoms with van der Waals surface area (Å²) < 4.78 is 12.1. The van der Waals surface area contributed by atoms with Gasteiger partial charge in [-0.25, -0.2) is 5.84 Å². The number of carbonyl (C=O) groups excluding carboxylic acids is 1. The van der Waals surface area contributed by atoms with E-state index in [9.17, 15) is 14.9 Å². The summed E-state index contributed by atoms with van der Waals surface area (Å²) in [7, 11) is 0. The Morgan fingerprint density at radius 2 is 1.93 bits per heavy atom. The second-order valence-electron chi connectivity index (χ2n) is 6.99. The molecule has 0 radical (unpaired) electrons. The fourth-order valence-electron chi connectivity index (χ4n) is 3.76. The molecule has 1 spiro atoms. The Morgan fingerprint density at radius 3 is 2.57 bits per heavy atom. The summed E-state index contributed by atoms with van der Waals surface area (Å²) >= 11 is 0. The van der Waals surface area contributed by atoms with E-state index in [4.69, 9.17) is 20.2 Å². The first-order valence-electron chi connectivity index (χ1n) is 9.03. The van der Waals surface area contributed by atoms with Crippen molar-refractivity contribution in [3.8, 4) is 0 Å². The molecule has 28 heavy (non-hydrogen) atoms. The molecule has 3 N–H and O–H groups in total. The van der Waals surface area contributed by atoms with Crippen LogP contribution in [0.25, 0.3) is 0 Å². The molecular weight excluding hydrogens is 370 g/mol. The number of carbonyl (C=O) groups is 1. The summed E-state index contributed by atoms with van der Waals surface area (Å²) in [5.41, 5.74) is 3.28. The molecule has 0 unspecified atom stereocenters. The maximum atomic E-state index is 11.8. The van der Waals surface area contributed by atoms with E-state index in [-0.39, 0.29) is 36.6 Å². The van der Waals surface area contributed by atoms with Gasteiger partial charge in [0, 0.05) is 43.8 Å². The highest BCUT2D eigenvalue weighted by atomic mass is 16.7. The van der Waals surface area contributed by atoms with Gasteiger partial charge >= 0.3 is 0 Å². The second-order valence-corrected chi connectivity index (χ2v) is 6.99. The highest BCUT2D eigenvalue weighted by molar-refractivity contribution is 6.39. The van der Waals surface area contributed by atoms with E-state index in [0.29, 0.717) is 25.9 Å². The fourth-order valence-corrected chi connectivity index (χ4v) is 3.76. The van der Waals surface area contributed by atoms with E-state index >= 15 is 0 Å². The molecule has 0 bridgehead atoms. The van der Waals surface area contributed by atoms with Gasteiger partial charge in [0.15, 0.2) is 17.6 Å². The van der Waals surface area contributed by atoms with E-state index < -0.39 is 16.6 Å². The molecule has 150 valence electrons. The molecule has 1 aromatic rings. The van der Waals surface area contributed by atoms with Crippen LogP contribution in [0.2, 0.25) is 0 Å². The molecule has 0 aromatic heterocycles. The third-order valence-electron chi connectivity index (χ3n) is 5.44. The Balaban J connectivity index is 1.38.